The van der Waals surface area contributed by atoms with Gasteiger partial charge in [-0.05, 0) is 44.4 Å². The first kappa shape index (κ1) is 17.2. The summed E-state index contributed by atoms with van der Waals surface area (Å²) in [4.78, 5) is 12.1. The van der Waals surface area contributed by atoms with Crippen molar-refractivity contribution >= 4 is 21.8 Å². The van der Waals surface area contributed by atoms with Crippen molar-refractivity contribution in [2.45, 2.75) is 52.1 Å². The van der Waals surface area contributed by atoms with Crippen molar-refractivity contribution in [3.05, 3.63) is 34.3 Å². The number of rotatable bonds is 7. The van der Waals surface area contributed by atoms with Crippen LogP contribution in [0.2, 0.25) is 0 Å². The minimum Gasteiger partial charge on any atom is -0.349 e. The molecule has 0 spiro atoms. The van der Waals surface area contributed by atoms with Crippen LogP contribution in [0.25, 0.3) is 0 Å². The fourth-order valence-corrected chi connectivity index (χ4v) is 2.33. The third-order valence-electron chi connectivity index (χ3n) is 3.47. The molecule has 3 nitrogen and oxygen atoms in total. The van der Waals surface area contributed by atoms with Crippen LogP contribution in [0.4, 0.5) is 0 Å². The molecule has 112 valence electrons. The van der Waals surface area contributed by atoms with Crippen molar-refractivity contribution in [3.63, 3.8) is 0 Å². The van der Waals surface area contributed by atoms with Gasteiger partial charge in [-0.15, -0.1) is 0 Å². The van der Waals surface area contributed by atoms with Crippen LogP contribution in [-0.4, -0.2) is 11.9 Å². The van der Waals surface area contributed by atoms with Gasteiger partial charge in [-0.2, -0.15) is 0 Å². The van der Waals surface area contributed by atoms with Crippen LogP contribution < -0.4 is 11.1 Å². The first-order valence-corrected chi connectivity index (χ1v) is 8.01. The van der Waals surface area contributed by atoms with Crippen molar-refractivity contribution in [2.24, 2.45) is 11.7 Å². The average molecular weight is 341 g/mol. The van der Waals surface area contributed by atoms with Crippen LogP contribution in [0.3, 0.4) is 0 Å². The molecule has 0 bridgehead atoms. The van der Waals surface area contributed by atoms with Crippen LogP contribution >= 0.6 is 15.9 Å². The Balaban J connectivity index is 2.42. The van der Waals surface area contributed by atoms with Gasteiger partial charge in [-0.25, -0.2) is 0 Å². The van der Waals surface area contributed by atoms with E-state index < -0.39 is 0 Å². The van der Waals surface area contributed by atoms with Crippen LogP contribution in [0.15, 0.2) is 28.7 Å². The number of hydrogen-bond donors (Lipinski definition) is 2. The van der Waals surface area contributed by atoms with E-state index in [1.165, 1.54) is 0 Å². The standard InChI is InChI=1S/C16H25BrN2O/c1-11(5-4-6-12(2)18)16(20)19-13(3)14-7-9-15(17)10-8-14/h7-13H,4-6,18H2,1-3H3,(H,19,20). The number of nitrogens with two attached hydrogens (primary N) is 1. The van der Waals surface area contributed by atoms with E-state index in [0.717, 1.165) is 29.3 Å². The van der Waals surface area contributed by atoms with Crippen LogP contribution in [0, 0.1) is 5.92 Å². The molecule has 3 atom stereocenters. The summed E-state index contributed by atoms with van der Waals surface area (Å²) in [7, 11) is 0. The molecule has 3 N–H and O–H groups in total. The molecule has 1 rings (SSSR count). The van der Waals surface area contributed by atoms with E-state index in [1.54, 1.807) is 0 Å². The molecule has 3 unspecified atom stereocenters. The summed E-state index contributed by atoms with van der Waals surface area (Å²) in [6, 6.07) is 8.28. The van der Waals surface area contributed by atoms with Gasteiger partial charge >= 0.3 is 0 Å². The molecule has 1 aromatic rings. The van der Waals surface area contributed by atoms with E-state index in [2.05, 4.69) is 21.2 Å². The van der Waals surface area contributed by atoms with Gasteiger partial charge in [-0.3, -0.25) is 4.79 Å². The summed E-state index contributed by atoms with van der Waals surface area (Å²) in [5.41, 5.74) is 6.83. The number of halogens is 1. The zero-order chi connectivity index (χ0) is 15.1. The Labute approximate surface area is 130 Å². The molecule has 0 radical (unpaired) electrons. The zero-order valence-corrected chi connectivity index (χ0v) is 14.1. The van der Waals surface area contributed by atoms with Gasteiger partial charge in [0.05, 0.1) is 6.04 Å². The van der Waals surface area contributed by atoms with Gasteiger partial charge in [0.15, 0.2) is 0 Å². The van der Waals surface area contributed by atoms with Crippen LogP contribution in [-0.2, 0) is 4.79 Å². The molecule has 4 heteroatoms. The van der Waals surface area contributed by atoms with Gasteiger partial charge < -0.3 is 11.1 Å². The highest BCUT2D eigenvalue weighted by Crippen LogP contribution is 2.17. The Bertz CT molecular complexity index is 417. The van der Waals surface area contributed by atoms with E-state index >= 15 is 0 Å². The summed E-state index contributed by atoms with van der Waals surface area (Å²) in [5.74, 6) is 0.150. The smallest absolute Gasteiger partial charge is 0.223 e. The highest BCUT2D eigenvalue weighted by atomic mass is 79.9. The SMILES string of the molecule is CC(N)CCCC(C)C(=O)NC(C)c1ccc(Br)cc1. The molecule has 0 fully saturated rings. The lowest BCUT2D eigenvalue weighted by Gasteiger charge is -2.18. The second kappa shape index (κ2) is 8.42. The van der Waals surface area contributed by atoms with Crippen molar-refractivity contribution in [2.75, 3.05) is 0 Å². The van der Waals surface area contributed by atoms with Crippen molar-refractivity contribution in [3.8, 4) is 0 Å². The number of benzene rings is 1. The highest BCUT2D eigenvalue weighted by molar-refractivity contribution is 9.10. The van der Waals surface area contributed by atoms with Gasteiger partial charge in [0, 0.05) is 16.4 Å². The minimum absolute atomic E-state index is 0.0338. The summed E-state index contributed by atoms with van der Waals surface area (Å²) < 4.78 is 1.05. The minimum atomic E-state index is 0.0338. The maximum absolute atomic E-state index is 12.1. The molecule has 0 aliphatic carbocycles. The summed E-state index contributed by atoms with van der Waals surface area (Å²) >= 11 is 3.41. The molecule has 0 saturated heterocycles. The number of carbonyl (C=O) groups excluding carboxylic acids is 1. The lowest BCUT2D eigenvalue weighted by molar-refractivity contribution is -0.125. The number of amides is 1. The fourth-order valence-electron chi connectivity index (χ4n) is 2.07. The second-order valence-electron chi connectivity index (χ2n) is 5.59. The van der Waals surface area contributed by atoms with Crippen molar-refractivity contribution in [1.82, 2.24) is 5.32 Å². The summed E-state index contributed by atoms with van der Waals surface area (Å²) in [5, 5.41) is 3.07. The first-order valence-electron chi connectivity index (χ1n) is 7.21. The van der Waals surface area contributed by atoms with E-state index in [4.69, 9.17) is 5.73 Å². The largest absolute Gasteiger partial charge is 0.349 e. The maximum Gasteiger partial charge on any atom is 0.223 e. The third kappa shape index (κ3) is 6.06. The Morgan fingerprint density at radius 3 is 2.35 bits per heavy atom. The number of carbonyl (C=O) groups is 1. The third-order valence-corrected chi connectivity index (χ3v) is 4.00. The van der Waals surface area contributed by atoms with Gasteiger partial charge in [0.25, 0.3) is 0 Å². The second-order valence-corrected chi connectivity index (χ2v) is 6.51. The van der Waals surface area contributed by atoms with E-state index in [-0.39, 0.29) is 23.9 Å². The topological polar surface area (TPSA) is 55.1 Å². The lowest BCUT2D eigenvalue weighted by Crippen LogP contribution is -2.31. The van der Waals surface area contributed by atoms with Gasteiger partial charge in [-0.1, -0.05) is 41.4 Å². The van der Waals surface area contributed by atoms with Crippen molar-refractivity contribution < 1.29 is 4.79 Å². The molecule has 0 aliphatic rings. The monoisotopic (exact) mass is 340 g/mol. The average Bonchev–Trinajstić information content (AvgIpc) is 2.38. The van der Waals surface area contributed by atoms with E-state index in [0.29, 0.717) is 0 Å². The van der Waals surface area contributed by atoms with Crippen LogP contribution in [0.5, 0.6) is 0 Å². The predicted molar refractivity (Wildman–Crippen MR) is 87.4 cm³/mol. The Kier molecular flexibility index (Phi) is 7.24. The molecule has 1 amide bonds. The Morgan fingerprint density at radius 1 is 1.20 bits per heavy atom. The van der Waals surface area contributed by atoms with Gasteiger partial charge in [0.2, 0.25) is 5.91 Å². The molecule has 0 saturated carbocycles. The molecule has 1 aromatic carbocycles. The first-order chi connectivity index (χ1) is 9.40. The molecule has 20 heavy (non-hydrogen) atoms. The molecule has 0 heterocycles. The molecule has 0 aliphatic heterocycles. The zero-order valence-electron chi connectivity index (χ0n) is 12.5. The quantitative estimate of drug-likeness (QED) is 0.793. The normalized spacial score (nSPS) is 15.4. The maximum atomic E-state index is 12.1. The van der Waals surface area contributed by atoms with E-state index in [9.17, 15) is 4.79 Å². The van der Waals surface area contributed by atoms with Crippen molar-refractivity contribution in [1.29, 1.82) is 0 Å². The fraction of sp³-hybridized carbons (Fsp3) is 0.562. The Morgan fingerprint density at radius 2 is 1.80 bits per heavy atom. The molecular weight excluding hydrogens is 316 g/mol. The van der Waals surface area contributed by atoms with Gasteiger partial charge in [0.1, 0.15) is 0 Å². The van der Waals surface area contributed by atoms with Crippen LogP contribution in [0.1, 0.15) is 51.6 Å². The molecular formula is C16H25BrN2O. The highest BCUT2D eigenvalue weighted by Gasteiger charge is 2.16. The number of nitrogens with one attached hydrogen (secondary N) is 1. The lowest BCUT2D eigenvalue weighted by atomic mass is 10.0. The predicted octanol–water partition coefficient (Wildman–Crippen LogP) is 3.78. The number of hydrogen-bond acceptors (Lipinski definition) is 2. The summed E-state index contributed by atoms with van der Waals surface area (Å²) in [6.07, 6.45) is 2.86. The summed E-state index contributed by atoms with van der Waals surface area (Å²) in [6.45, 7) is 5.99. The van der Waals surface area contributed by atoms with E-state index in [1.807, 2.05) is 45.0 Å². The molecule has 0 aromatic heterocycles. The Hall–Kier alpha value is -0.870.